The van der Waals surface area contributed by atoms with Crippen molar-refractivity contribution in [1.82, 2.24) is 15.5 Å². The van der Waals surface area contributed by atoms with Crippen LogP contribution >= 0.6 is 0 Å². The van der Waals surface area contributed by atoms with Crippen molar-refractivity contribution in [2.24, 2.45) is 68.0 Å². The predicted molar refractivity (Wildman–Crippen MR) is 259 cm³/mol. The van der Waals surface area contributed by atoms with Gasteiger partial charge in [-0.1, -0.05) is 67.9 Å². The molecule has 366 valence electrons. The Morgan fingerprint density at radius 2 is 1.50 bits per heavy atom. The molecule has 1 aliphatic heterocycles. The molecule has 11 nitrogen and oxygen atoms in total. The van der Waals surface area contributed by atoms with E-state index in [-0.39, 0.29) is 57.3 Å². The second-order valence-electron chi connectivity index (χ2n) is 25.5. The Morgan fingerprint density at radius 1 is 0.833 bits per heavy atom. The van der Waals surface area contributed by atoms with Crippen LogP contribution in [0.4, 0.5) is 5.69 Å². The molecule has 11 atom stereocenters. The van der Waals surface area contributed by atoms with Crippen LogP contribution in [-0.2, 0) is 19.1 Å². The SMILES string of the molecule is CC(C)C1=C2[C@H]3CC[C@@H]4[C@@]5(C)CC[C@H](OC(=O)[C@H]6C[C@@H](C(=O)O)C6(C)C)C(C)(C)[C@@H]5CC[C@@]4(C)[C@]3(C)CC[C@@]2([C@@H](O)CNCC(C)(C)NC(=O)c2ccc(N3CCN(C)CC3)cc2)CC1=O. The number of carbonyl (C=O) groups is 4. The summed E-state index contributed by atoms with van der Waals surface area (Å²) in [5.74, 6) is -0.795. The number of likely N-dealkylation sites (N-methyl/N-ethyl adjacent to an activating group) is 1. The molecular formula is C55H84N4O7. The molecule has 1 amide bonds. The summed E-state index contributed by atoms with van der Waals surface area (Å²) in [5, 5.41) is 29.0. The highest BCUT2D eigenvalue weighted by Crippen LogP contribution is 2.77. The lowest BCUT2D eigenvalue weighted by Crippen LogP contribution is -2.66. The first-order chi connectivity index (χ1) is 30.7. The van der Waals surface area contributed by atoms with Crippen molar-refractivity contribution in [1.29, 1.82) is 0 Å². The number of carboxylic acids is 1. The number of carboxylic acid groups (broad SMARTS) is 1. The van der Waals surface area contributed by atoms with Crippen molar-refractivity contribution < 1.29 is 34.1 Å². The number of ketones is 1. The van der Waals surface area contributed by atoms with E-state index in [1.807, 2.05) is 52.0 Å². The molecule has 1 aromatic carbocycles. The number of aliphatic hydroxyl groups excluding tert-OH is 1. The maximum absolute atomic E-state index is 14.3. The Morgan fingerprint density at radius 3 is 2.12 bits per heavy atom. The maximum atomic E-state index is 14.3. The number of nitrogens with one attached hydrogen (secondary N) is 2. The topological polar surface area (TPSA) is 149 Å². The lowest BCUT2D eigenvalue weighted by molar-refractivity contribution is -0.238. The molecule has 6 fully saturated rings. The molecule has 5 saturated carbocycles. The number of aliphatic hydroxyl groups is 1. The third-order valence-corrected chi connectivity index (χ3v) is 20.5. The number of hydrogen-bond acceptors (Lipinski definition) is 9. The summed E-state index contributed by atoms with van der Waals surface area (Å²) in [6, 6.07) is 7.90. The Labute approximate surface area is 396 Å². The third-order valence-electron chi connectivity index (χ3n) is 20.5. The van der Waals surface area contributed by atoms with Crippen LogP contribution in [-0.4, -0.2) is 103 Å². The van der Waals surface area contributed by atoms with Gasteiger partial charge in [-0.25, -0.2) is 0 Å². The van der Waals surface area contributed by atoms with E-state index in [4.69, 9.17) is 4.74 Å². The van der Waals surface area contributed by atoms with E-state index in [2.05, 4.69) is 75.9 Å². The Kier molecular flexibility index (Phi) is 12.7. The average molecular weight is 913 g/mol. The summed E-state index contributed by atoms with van der Waals surface area (Å²) in [5.41, 5.74) is 1.94. The van der Waals surface area contributed by atoms with E-state index < -0.39 is 40.3 Å². The van der Waals surface area contributed by atoms with Crippen molar-refractivity contribution in [2.75, 3.05) is 51.2 Å². The minimum Gasteiger partial charge on any atom is -0.481 e. The molecule has 0 spiro atoms. The number of aliphatic carboxylic acids is 1. The first-order valence-corrected chi connectivity index (χ1v) is 25.7. The number of benzene rings is 1. The molecule has 11 heteroatoms. The van der Waals surface area contributed by atoms with E-state index in [0.717, 1.165) is 88.8 Å². The number of allylic oxidation sites excluding steroid dienone is 1. The molecule has 1 saturated heterocycles. The first kappa shape index (κ1) is 49.2. The van der Waals surface area contributed by atoms with Crippen molar-refractivity contribution >= 4 is 29.3 Å². The van der Waals surface area contributed by atoms with Crippen molar-refractivity contribution in [2.45, 2.75) is 158 Å². The number of esters is 1. The summed E-state index contributed by atoms with van der Waals surface area (Å²) in [4.78, 5) is 58.0. The molecule has 0 radical (unpaired) electrons. The lowest BCUT2D eigenvalue weighted by atomic mass is 9.33. The van der Waals surface area contributed by atoms with Gasteiger partial charge in [0.25, 0.3) is 5.91 Å². The molecule has 1 heterocycles. The summed E-state index contributed by atoms with van der Waals surface area (Å²) in [7, 11) is 2.15. The second kappa shape index (κ2) is 17.0. The van der Waals surface area contributed by atoms with Gasteiger partial charge in [-0.2, -0.15) is 0 Å². The van der Waals surface area contributed by atoms with Gasteiger partial charge in [0.15, 0.2) is 5.78 Å². The maximum Gasteiger partial charge on any atom is 0.309 e. The molecule has 0 bridgehead atoms. The standard InChI is InChI=1S/C55H84N4O7/c1-33(2)44-39(60)30-55(42(61)31-56-32-49(3,4)57-46(62)34-13-15-35(16-14-34)59-27-25-58(12)26-28-59)24-23-53(10)36(45(44)55)17-18-41-52(9)21-20-43(51(7,8)40(52)19-22-54(41,53)11)66-48(65)38-29-37(47(63)64)50(38,5)6/h13-16,33,36-38,40-43,56,61H,17-32H2,1-12H3,(H,57,62)(H,63,64)/t36-,37+,38-,40+,41-,42+,43+,52+,53-,54-,55+/m1/s1. The average Bonchev–Trinajstić information content (AvgIpc) is 3.55. The Bertz CT molecular complexity index is 2100. The normalized spacial score (nSPS) is 37.8. The highest BCUT2D eigenvalue weighted by atomic mass is 16.5. The van der Waals surface area contributed by atoms with Crippen LogP contribution in [0, 0.1) is 68.0 Å². The zero-order valence-electron chi connectivity index (χ0n) is 42.6. The predicted octanol–water partition coefficient (Wildman–Crippen LogP) is 8.54. The van der Waals surface area contributed by atoms with Crippen molar-refractivity contribution in [3.8, 4) is 0 Å². The molecule has 6 aliphatic carbocycles. The zero-order chi connectivity index (χ0) is 48.2. The van der Waals surface area contributed by atoms with E-state index in [9.17, 15) is 29.4 Å². The van der Waals surface area contributed by atoms with Gasteiger partial charge in [-0.15, -0.1) is 0 Å². The van der Waals surface area contributed by atoms with Crippen LogP contribution in [0.1, 0.15) is 151 Å². The third kappa shape index (κ3) is 7.79. The number of hydrogen-bond donors (Lipinski definition) is 4. The zero-order valence-corrected chi connectivity index (χ0v) is 42.6. The molecule has 8 rings (SSSR count). The van der Waals surface area contributed by atoms with Gasteiger partial charge >= 0.3 is 11.9 Å². The fourth-order valence-corrected chi connectivity index (χ4v) is 16.3. The minimum atomic E-state index is -0.836. The van der Waals surface area contributed by atoms with Crippen LogP contribution in [0.2, 0.25) is 0 Å². The monoisotopic (exact) mass is 913 g/mol. The number of anilines is 1. The highest BCUT2D eigenvalue weighted by molar-refractivity contribution is 6.01. The van der Waals surface area contributed by atoms with E-state index >= 15 is 0 Å². The molecule has 4 N–H and O–H groups in total. The second-order valence-corrected chi connectivity index (χ2v) is 25.5. The van der Waals surface area contributed by atoms with Gasteiger partial charge in [0.1, 0.15) is 6.10 Å². The van der Waals surface area contributed by atoms with E-state index in [1.54, 1.807) is 0 Å². The van der Waals surface area contributed by atoms with Gasteiger partial charge < -0.3 is 35.4 Å². The smallest absolute Gasteiger partial charge is 0.309 e. The summed E-state index contributed by atoms with van der Waals surface area (Å²) < 4.78 is 6.45. The number of nitrogens with zero attached hydrogens (tertiary/aromatic N) is 2. The first-order valence-electron chi connectivity index (χ1n) is 25.7. The summed E-state index contributed by atoms with van der Waals surface area (Å²) in [6.45, 7) is 29.2. The molecule has 66 heavy (non-hydrogen) atoms. The number of carbonyl (C=O) groups excluding carboxylic acids is 3. The van der Waals surface area contributed by atoms with Crippen LogP contribution in [0.5, 0.6) is 0 Å². The largest absolute Gasteiger partial charge is 0.481 e. The van der Waals surface area contributed by atoms with Gasteiger partial charge in [-0.05, 0) is 154 Å². The fourth-order valence-electron chi connectivity index (χ4n) is 16.3. The van der Waals surface area contributed by atoms with E-state index in [0.29, 0.717) is 43.3 Å². The fraction of sp³-hybridized carbons (Fsp3) is 0.782. The number of ether oxygens (including phenoxy) is 1. The quantitative estimate of drug-likeness (QED) is 0.151. The van der Waals surface area contributed by atoms with Gasteiger partial charge in [-0.3, -0.25) is 19.2 Å². The summed E-state index contributed by atoms with van der Waals surface area (Å²) in [6.07, 6.45) is 7.45. The number of amides is 1. The Balaban J connectivity index is 0.948. The molecule has 0 unspecified atom stereocenters. The molecule has 1 aromatic rings. The van der Waals surface area contributed by atoms with Crippen molar-refractivity contribution in [3.63, 3.8) is 0 Å². The Hall–Kier alpha value is -3.28. The van der Waals surface area contributed by atoms with Gasteiger partial charge in [0, 0.05) is 73.3 Å². The van der Waals surface area contributed by atoms with Gasteiger partial charge in [0.2, 0.25) is 0 Å². The number of Topliss-reactive ketones (excluding diaryl/α,β-unsaturated/α-hetero) is 1. The number of fused-ring (bicyclic) bond motifs is 7. The number of rotatable bonds is 12. The van der Waals surface area contributed by atoms with Crippen LogP contribution < -0.4 is 15.5 Å². The molecule has 7 aliphatic rings. The molecule has 0 aromatic heterocycles. The van der Waals surface area contributed by atoms with E-state index in [1.165, 1.54) is 5.57 Å². The number of piperazine rings is 1. The van der Waals surface area contributed by atoms with Crippen molar-refractivity contribution in [3.05, 3.63) is 41.0 Å². The van der Waals surface area contributed by atoms with Crippen LogP contribution in [0.25, 0.3) is 0 Å². The van der Waals surface area contributed by atoms with Gasteiger partial charge in [0.05, 0.1) is 17.9 Å². The van der Waals surface area contributed by atoms with Crippen LogP contribution in [0.15, 0.2) is 35.4 Å². The molecular weight excluding hydrogens is 829 g/mol. The highest BCUT2D eigenvalue weighted by Gasteiger charge is 2.71. The minimum absolute atomic E-state index is 0.0196. The van der Waals surface area contributed by atoms with Crippen LogP contribution in [0.3, 0.4) is 0 Å². The summed E-state index contributed by atoms with van der Waals surface area (Å²) >= 11 is 0. The lowest BCUT2D eigenvalue weighted by Gasteiger charge is -2.72.